The van der Waals surface area contributed by atoms with E-state index in [0.29, 0.717) is 24.5 Å². The molecule has 0 atom stereocenters. The second-order valence-corrected chi connectivity index (χ2v) is 8.34. The Labute approximate surface area is 206 Å². The van der Waals surface area contributed by atoms with Crippen molar-refractivity contribution in [3.05, 3.63) is 130 Å². The highest BCUT2D eigenvalue weighted by Crippen LogP contribution is 2.16. The highest BCUT2D eigenvalue weighted by molar-refractivity contribution is 5.95. The Morgan fingerprint density at radius 2 is 1.14 bits per heavy atom. The van der Waals surface area contributed by atoms with E-state index in [2.05, 4.69) is 60.8 Å². The summed E-state index contributed by atoms with van der Waals surface area (Å²) in [5.41, 5.74) is 8.57. The maximum absolute atomic E-state index is 12.4. The van der Waals surface area contributed by atoms with Gasteiger partial charge in [0.25, 0.3) is 5.91 Å². The van der Waals surface area contributed by atoms with Crippen molar-refractivity contribution in [1.29, 1.82) is 0 Å². The van der Waals surface area contributed by atoms with Gasteiger partial charge in [0.05, 0.1) is 6.21 Å². The molecule has 0 fully saturated rings. The van der Waals surface area contributed by atoms with Gasteiger partial charge < -0.3 is 9.47 Å². The van der Waals surface area contributed by atoms with Gasteiger partial charge in [0.15, 0.2) is 0 Å². The summed E-state index contributed by atoms with van der Waals surface area (Å²) in [7, 11) is 0. The molecule has 1 amide bonds. The predicted molar refractivity (Wildman–Crippen MR) is 139 cm³/mol. The van der Waals surface area contributed by atoms with Crippen LogP contribution in [-0.4, -0.2) is 12.1 Å². The summed E-state index contributed by atoms with van der Waals surface area (Å²) in [5, 5.41) is 4.06. The number of hydrogen-bond donors (Lipinski definition) is 1. The molecule has 0 aliphatic rings. The van der Waals surface area contributed by atoms with Crippen molar-refractivity contribution in [2.75, 3.05) is 0 Å². The smallest absolute Gasteiger partial charge is 0.271 e. The third-order valence-electron chi connectivity index (χ3n) is 5.43. The summed E-state index contributed by atoms with van der Waals surface area (Å²) in [6.45, 7) is 5.11. The van der Waals surface area contributed by atoms with Gasteiger partial charge in [-0.3, -0.25) is 4.79 Å². The number of ether oxygens (including phenoxy) is 2. The minimum atomic E-state index is -0.288. The Hall–Kier alpha value is -4.38. The van der Waals surface area contributed by atoms with Gasteiger partial charge in [-0.1, -0.05) is 59.7 Å². The molecule has 0 aliphatic heterocycles. The normalized spacial score (nSPS) is 10.8. The van der Waals surface area contributed by atoms with Gasteiger partial charge in [0.2, 0.25) is 0 Å². The van der Waals surface area contributed by atoms with Crippen LogP contribution in [-0.2, 0) is 13.2 Å². The molecule has 5 nitrogen and oxygen atoms in total. The first-order valence-electron chi connectivity index (χ1n) is 11.5. The lowest BCUT2D eigenvalue weighted by atomic mass is 10.2. The Bertz CT molecular complexity index is 1260. The van der Waals surface area contributed by atoms with E-state index in [-0.39, 0.29) is 5.91 Å². The third kappa shape index (κ3) is 7.30. The van der Waals surface area contributed by atoms with E-state index in [4.69, 9.17) is 9.47 Å². The molecule has 4 aromatic carbocycles. The zero-order chi connectivity index (χ0) is 24.5. The molecule has 0 radical (unpaired) electrons. The molecule has 0 unspecified atom stereocenters. The average Bonchev–Trinajstić information content (AvgIpc) is 2.89. The molecule has 0 saturated carbocycles. The first-order valence-corrected chi connectivity index (χ1v) is 11.5. The van der Waals surface area contributed by atoms with E-state index >= 15 is 0 Å². The van der Waals surface area contributed by atoms with Crippen molar-refractivity contribution >= 4 is 12.1 Å². The van der Waals surface area contributed by atoms with E-state index < -0.39 is 0 Å². The lowest BCUT2D eigenvalue weighted by Crippen LogP contribution is -2.17. The van der Waals surface area contributed by atoms with E-state index in [0.717, 1.165) is 22.4 Å². The zero-order valence-corrected chi connectivity index (χ0v) is 19.9. The van der Waals surface area contributed by atoms with Crippen LogP contribution in [0.3, 0.4) is 0 Å². The van der Waals surface area contributed by atoms with E-state index in [1.807, 2.05) is 36.4 Å². The number of aryl methyl sites for hydroxylation is 2. The van der Waals surface area contributed by atoms with Crippen molar-refractivity contribution in [2.45, 2.75) is 27.1 Å². The van der Waals surface area contributed by atoms with Crippen molar-refractivity contribution in [2.24, 2.45) is 5.10 Å². The summed E-state index contributed by atoms with van der Waals surface area (Å²) in [4.78, 5) is 12.4. The van der Waals surface area contributed by atoms with Crippen molar-refractivity contribution in [1.82, 2.24) is 5.43 Å². The zero-order valence-electron chi connectivity index (χ0n) is 19.9. The van der Waals surface area contributed by atoms with Crippen LogP contribution in [0.15, 0.2) is 102 Å². The maximum Gasteiger partial charge on any atom is 0.271 e. The Kier molecular flexibility index (Phi) is 7.92. The Balaban J connectivity index is 1.23. The summed E-state index contributed by atoms with van der Waals surface area (Å²) >= 11 is 0. The van der Waals surface area contributed by atoms with Crippen LogP contribution < -0.4 is 14.9 Å². The van der Waals surface area contributed by atoms with Crippen molar-refractivity contribution in [3.63, 3.8) is 0 Å². The Morgan fingerprint density at radius 1 is 0.686 bits per heavy atom. The lowest BCUT2D eigenvalue weighted by molar-refractivity contribution is 0.0955. The molecular formula is C30H28N2O3. The van der Waals surface area contributed by atoms with Crippen molar-refractivity contribution in [3.8, 4) is 11.5 Å². The molecule has 35 heavy (non-hydrogen) atoms. The molecule has 176 valence electrons. The largest absolute Gasteiger partial charge is 0.489 e. The minimum Gasteiger partial charge on any atom is -0.489 e. The van der Waals surface area contributed by atoms with Crippen LogP contribution in [0.4, 0.5) is 0 Å². The average molecular weight is 465 g/mol. The number of carbonyl (C=O) groups excluding carboxylic acids is 1. The van der Waals surface area contributed by atoms with E-state index in [9.17, 15) is 4.79 Å². The molecule has 0 aromatic heterocycles. The fraction of sp³-hybridized carbons (Fsp3) is 0.133. The molecule has 0 heterocycles. The highest BCUT2D eigenvalue weighted by atomic mass is 16.5. The highest BCUT2D eigenvalue weighted by Gasteiger charge is 2.05. The minimum absolute atomic E-state index is 0.288. The second kappa shape index (κ2) is 11.7. The van der Waals surface area contributed by atoms with Gasteiger partial charge in [-0.15, -0.1) is 0 Å². The predicted octanol–water partition coefficient (Wildman–Crippen LogP) is 6.23. The lowest BCUT2D eigenvalue weighted by Gasteiger charge is -2.07. The van der Waals surface area contributed by atoms with Gasteiger partial charge in [0, 0.05) is 5.56 Å². The number of hydrogen-bond acceptors (Lipinski definition) is 4. The molecule has 4 rings (SSSR count). The monoisotopic (exact) mass is 464 g/mol. The maximum atomic E-state index is 12.4. The molecule has 0 spiro atoms. The van der Waals surface area contributed by atoms with Gasteiger partial charge in [-0.05, 0) is 79.1 Å². The molecule has 0 aliphatic carbocycles. The summed E-state index contributed by atoms with van der Waals surface area (Å²) in [6, 6.07) is 31.0. The summed E-state index contributed by atoms with van der Waals surface area (Å²) in [5.74, 6) is 1.19. The molecule has 0 bridgehead atoms. The summed E-state index contributed by atoms with van der Waals surface area (Å²) in [6.07, 6.45) is 1.60. The fourth-order valence-corrected chi connectivity index (χ4v) is 3.28. The van der Waals surface area contributed by atoms with Crippen molar-refractivity contribution < 1.29 is 14.3 Å². The second-order valence-electron chi connectivity index (χ2n) is 8.34. The molecule has 0 saturated heterocycles. The number of nitrogens with zero attached hydrogens (tertiary/aromatic N) is 1. The number of rotatable bonds is 9. The topological polar surface area (TPSA) is 59.9 Å². The van der Waals surface area contributed by atoms with Crippen LogP contribution in [0.25, 0.3) is 0 Å². The van der Waals surface area contributed by atoms with E-state index in [1.54, 1.807) is 30.5 Å². The van der Waals surface area contributed by atoms with Crippen LogP contribution in [0.2, 0.25) is 0 Å². The number of carbonyl (C=O) groups is 1. The van der Waals surface area contributed by atoms with Gasteiger partial charge >= 0.3 is 0 Å². The number of nitrogens with one attached hydrogen (secondary N) is 1. The first kappa shape index (κ1) is 23.8. The van der Waals surface area contributed by atoms with Gasteiger partial charge in [-0.25, -0.2) is 5.43 Å². The van der Waals surface area contributed by atoms with Crippen LogP contribution in [0.1, 0.15) is 38.2 Å². The van der Waals surface area contributed by atoms with Gasteiger partial charge in [0.1, 0.15) is 24.7 Å². The van der Waals surface area contributed by atoms with Crippen LogP contribution in [0, 0.1) is 13.8 Å². The number of hydrazone groups is 1. The summed E-state index contributed by atoms with van der Waals surface area (Å²) < 4.78 is 11.6. The molecule has 5 heteroatoms. The van der Waals surface area contributed by atoms with Crippen LogP contribution >= 0.6 is 0 Å². The fourth-order valence-electron chi connectivity index (χ4n) is 3.28. The molecule has 1 N–H and O–H groups in total. The van der Waals surface area contributed by atoms with Gasteiger partial charge in [-0.2, -0.15) is 5.10 Å². The third-order valence-corrected chi connectivity index (χ3v) is 5.43. The molecular weight excluding hydrogens is 436 g/mol. The van der Waals surface area contributed by atoms with Crippen LogP contribution in [0.5, 0.6) is 11.5 Å². The van der Waals surface area contributed by atoms with E-state index in [1.165, 1.54) is 11.1 Å². The standard InChI is InChI=1S/C30H28N2O3/c1-22-3-7-25(8-4-22)20-34-28-15-11-24(12-16-28)19-31-32-30(33)27-13-17-29(18-14-27)35-21-26-9-5-23(2)6-10-26/h3-19H,20-21H2,1-2H3,(H,32,33)/b31-19-. The quantitative estimate of drug-likeness (QED) is 0.236. The SMILES string of the molecule is Cc1ccc(COc2ccc(/C=N\NC(=O)c3ccc(OCc4ccc(C)cc4)cc3)cc2)cc1. The number of amides is 1. The Morgan fingerprint density at radius 3 is 1.63 bits per heavy atom. The first-order chi connectivity index (χ1) is 17.0. The number of benzene rings is 4. The molecule has 4 aromatic rings.